The van der Waals surface area contributed by atoms with E-state index in [2.05, 4.69) is 9.83 Å². The van der Waals surface area contributed by atoms with Crippen LogP contribution in [0, 0.1) is 16.7 Å². The summed E-state index contributed by atoms with van der Waals surface area (Å²) in [5.41, 5.74) is 1.60. The topological polar surface area (TPSA) is 78.9 Å². The molecule has 0 saturated carbocycles. The molecular formula is C23H14ClN3O4. The number of pyridine rings is 1. The van der Waals surface area contributed by atoms with Crippen LogP contribution < -0.4 is 9.47 Å². The average Bonchev–Trinajstić information content (AvgIpc) is 2.79. The fourth-order valence-corrected chi connectivity index (χ4v) is 3.17. The predicted molar refractivity (Wildman–Crippen MR) is 117 cm³/mol. The second-order valence-corrected chi connectivity index (χ2v) is 6.91. The quantitative estimate of drug-likeness (QED) is 0.192. The van der Waals surface area contributed by atoms with Gasteiger partial charge in [0.15, 0.2) is 0 Å². The molecular weight excluding hydrogens is 418 g/mol. The van der Waals surface area contributed by atoms with Crippen molar-refractivity contribution in [3.8, 4) is 17.2 Å². The molecule has 0 bridgehead atoms. The summed E-state index contributed by atoms with van der Waals surface area (Å²) in [6.07, 6.45) is 1.56. The largest absolute Gasteiger partial charge is 0.500 e. The molecule has 0 atom stereocenters. The number of hydrogen-bond acceptors (Lipinski definition) is 5. The SMILES string of the molecule is [C-]#[N+]c1cc2c(Oc3ccc(Cl)c([N+](=O)[O-])c3)ccnc2cc1OCc1ccccc1. The summed E-state index contributed by atoms with van der Waals surface area (Å²) >= 11 is 5.87. The second-order valence-electron chi connectivity index (χ2n) is 6.50. The van der Waals surface area contributed by atoms with E-state index < -0.39 is 4.92 Å². The third kappa shape index (κ3) is 4.39. The van der Waals surface area contributed by atoms with Gasteiger partial charge in [-0.05, 0) is 35.9 Å². The molecule has 4 aromatic rings. The van der Waals surface area contributed by atoms with Crippen molar-refractivity contribution in [1.29, 1.82) is 0 Å². The van der Waals surface area contributed by atoms with Crippen LogP contribution in [0.2, 0.25) is 5.02 Å². The van der Waals surface area contributed by atoms with E-state index in [1.165, 1.54) is 18.2 Å². The third-order valence-electron chi connectivity index (χ3n) is 4.48. The fourth-order valence-electron chi connectivity index (χ4n) is 2.99. The van der Waals surface area contributed by atoms with E-state index in [1.54, 1.807) is 24.4 Å². The zero-order valence-electron chi connectivity index (χ0n) is 16.0. The van der Waals surface area contributed by atoms with Gasteiger partial charge in [0.1, 0.15) is 28.9 Å². The molecule has 0 aliphatic carbocycles. The molecule has 1 aromatic heterocycles. The first kappa shape index (κ1) is 20.1. The van der Waals surface area contributed by atoms with E-state index in [0.29, 0.717) is 34.7 Å². The highest BCUT2D eigenvalue weighted by Gasteiger charge is 2.16. The number of rotatable bonds is 6. The molecule has 7 nitrogen and oxygen atoms in total. The van der Waals surface area contributed by atoms with Crippen molar-refractivity contribution in [2.75, 3.05) is 0 Å². The lowest BCUT2D eigenvalue weighted by atomic mass is 10.1. The first-order valence-corrected chi connectivity index (χ1v) is 9.51. The van der Waals surface area contributed by atoms with E-state index in [9.17, 15) is 10.1 Å². The lowest BCUT2D eigenvalue weighted by Gasteiger charge is -2.12. The minimum Gasteiger partial charge on any atom is -0.500 e. The van der Waals surface area contributed by atoms with Crippen molar-refractivity contribution in [3.05, 3.63) is 105 Å². The first-order chi connectivity index (χ1) is 15.0. The molecule has 0 radical (unpaired) electrons. The summed E-state index contributed by atoms with van der Waals surface area (Å²) < 4.78 is 11.7. The van der Waals surface area contributed by atoms with Crippen molar-refractivity contribution in [3.63, 3.8) is 0 Å². The van der Waals surface area contributed by atoms with Crippen molar-refractivity contribution in [1.82, 2.24) is 4.98 Å². The van der Waals surface area contributed by atoms with Crippen LogP contribution in [-0.4, -0.2) is 9.91 Å². The van der Waals surface area contributed by atoms with Crippen LogP contribution in [0.5, 0.6) is 17.2 Å². The number of ether oxygens (including phenoxy) is 2. The third-order valence-corrected chi connectivity index (χ3v) is 4.80. The van der Waals surface area contributed by atoms with E-state index in [4.69, 9.17) is 27.6 Å². The van der Waals surface area contributed by atoms with Crippen molar-refractivity contribution in [2.45, 2.75) is 6.61 Å². The Morgan fingerprint density at radius 3 is 2.61 bits per heavy atom. The Labute approximate surface area is 182 Å². The van der Waals surface area contributed by atoms with E-state index in [1.807, 2.05) is 30.3 Å². The molecule has 0 saturated heterocycles. The number of hydrogen-bond donors (Lipinski definition) is 0. The minimum atomic E-state index is -0.576. The second kappa shape index (κ2) is 8.69. The standard InChI is InChI=1S/C23H14ClN3O4/c1-25-20-12-17-19(13-23(20)30-14-15-5-3-2-4-6-15)26-10-9-22(17)31-16-7-8-18(24)21(11-16)27(28)29/h2-13H,14H2. The number of benzene rings is 3. The Kier molecular flexibility index (Phi) is 5.65. The van der Waals surface area contributed by atoms with Gasteiger partial charge in [-0.25, -0.2) is 4.85 Å². The Balaban J connectivity index is 1.68. The molecule has 0 spiro atoms. The maximum atomic E-state index is 11.1. The molecule has 152 valence electrons. The molecule has 8 heteroatoms. The first-order valence-electron chi connectivity index (χ1n) is 9.14. The van der Waals surface area contributed by atoms with Gasteiger partial charge in [-0.2, -0.15) is 0 Å². The smallest absolute Gasteiger partial charge is 0.291 e. The van der Waals surface area contributed by atoms with Crippen LogP contribution in [0.1, 0.15) is 5.56 Å². The van der Waals surface area contributed by atoms with Gasteiger partial charge in [0.25, 0.3) is 5.69 Å². The Morgan fingerprint density at radius 1 is 1.06 bits per heavy atom. The normalized spacial score (nSPS) is 10.5. The Morgan fingerprint density at radius 2 is 1.87 bits per heavy atom. The summed E-state index contributed by atoms with van der Waals surface area (Å²) in [7, 11) is 0. The highest BCUT2D eigenvalue weighted by atomic mass is 35.5. The van der Waals surface area contributed by atoms with Gasteiger partial charge in [0.05, 0.1) is 23.1 Å². The van der Waals surface area contributed by atoms with Gasteiger partial charge in [0.2, 0.25) is 5.69 Å². The van der Waals surface area contributed by atoms with Crippen LogP contribution >= 0.6 is 11.6 Å². The lowest BCUT2D eigenvalue weighted by molar-refractivity contribution is -0.384. The lowest BCUT2D eigenvalue weighted by Crippen LogP contribution is -1.96. The van der Waals surface area contributed by atoms with Gasteiger partial charge >= 0.3 is 0 Å². The van der Waals surface area contributed by atoms with Crippen LogP contribution in [0.3, 0.4) is 0 Å². The average molecular weight is 432 g/mol. The number of nitrogens with zero attached hydrogens (tertiary/aromatic N) is 3. The van der Waals surface area contributed by atoms with Gasteiger partial charge in [-0.1, -0.05) is 41.9 Å². The fraction of sp³-hybridized carbons (Fsp3) is 0.0435. The number of fused-ring (bicyclic) bond motifs is 1. The van der Waals surface area contributed by atoms with Gasteiger partial charge in [-0.15, -0.1) is 0 Å². The number of aromatic nitrogens is 1. The summed E-state index contributed by atoms with van der Waals surface area (Å²) in [4.78, 5) is 18.5. The van der Waals surface area contributed by atoms with Gasteiger partial charge in [-0.3, -0.25) is 15.1 Å². The highest BCUT2D eigenvalue weighted by molar-refractivity contribution is 6.32. The van der Waals surface area contributed by atoms with Crippen LogP contribution in [0.4, 0.5) is 11.4 Å². The minimum absolute atomic E-state index is 0.0208. The molecule has 0 N–H and O–H groups in total. The summed E-state index contributed by atoms with van der Waals surface area (Å²) in [6, 6.07) is 18.8. The Bertz CT molecular complexity index is 1320. The highest BCUT2D eigenvalue weighted by Crippen LogP contribution is 2.38. The summed E-state index contributed by atoms with van der Waals surface area (Å²) in [5, 5.41) is 11.7. The molecule has 0 aliphatic heterocycles. The molecule has 31 heavy (non-hydrogen) atoms. The van der Waals surface area contributed by atoms with E-state index in [0.717, 1.165) is 5.56 Å². The predicted octanol–water partition coefficient (Wildman–Crippen LogP) is 6.72. The molecule has 0 fully saturated rings. The number of nitro groups is 1. The summed E-state index contributed by atoms with van der Waals surface area (Å²) in [6.45, 7) is 7.85. The summed E-state index contributed by atoms with van der Waals surface area (Å²) in [5.74, 6) is 1.07. The van der Waals surface area contributed by atoms with Crippen LogP contribution in [0.25, 0.3) is 15.7 Å². The van der Waals surface area contributed by atoms with Crippen molar-refractivity contribution >= 4 is 33.9 Å². The Hall–Kier alpha value is -4.15. The zero-order chi connectivity index (χ0) is 21.8. The van der Waals surface area contributed by atoms with Gasteiger partial charge in [0, 0.05) is 11.6 Å². The molecule has 0 amide bonds. The zero-order valence-corrected chi connectivity index (χ0v) is 16.7. The monoisotopic (exact) mass is 431 g/mol. The maximum absolute atomic E-state index is 11.1. The maximum Gasteiger partial charge on any atom is 0.291 e. The molecule has 4 rings (SSSR count). The van der Waals surface area contributed by atoms with Gasteiger partial charge < -0.3 is 9.47 Å². The van der Waals surface area contributed by atoms with Crippen LogP contribution in [0.15, 0.2) is 72.9 Å². The van der Waals surface area contributed by atoms with E-state index in [-0.39, 0.29) is 16.5 Å². The molecule has 3 aromatic carbocycles. The molecule has 1 heterocycles. The molecule has 0 aliphatic rings. The number of nitro benzene ring substituents is 1. The van der Waals surface area contributed by atoms with E-state index >= 15 is 0 Å². The molecule has 0 unspecified atom stereocenters. The van der Waals surface area contributed by atoms with Crippen LogP contribution in [-0.2, 0) is 6.61 Å². The van der Waals surface area contributed by atoms with Crippen molar-refractivity contribution in [2.24, 2.45) is 0 Å². The van der Waals surface area contributed by atoms with Crippen molar-refractivity contribution < 1.29 is 14.4 Å². The number of halogens is 1.